The van der Waals surface area contributed by atoms with Crippen LogP contribution in [0.3, 0.4) is 0 Å². The summed E-state index contributed by atoms with van der Waals surface area (Å²) in [4.78, 5) is 0. The largest absolute Gasteiger partial charge is 0.330 e. The first-order chi connectivity index (χ1) is 7.30. The molecule has 1 aliphatic carbocycles. The van der Waals surface area contributed by atoms with E-state index in [-0.39, 0.29) is 5.41 Å². The molecule has 2 N–H and O–H groups in total. The van der Waals surface area contributed by atoms with Crippen molar-refractivity contribution in [1.82, 2.24) is 9.78 Å². The zero-order chi connectivity index (χ0) is 10.7. The van der Waals surface area contributed by atoms with Gasteiger partial charge in [0.1, 0.15) is 0 Å². The molecule has 0 amide bonds. The van der Waals surface area contributed by atoms with Gasteiger partial charge in [0.25, 0.3) is 0 Å². The molecular weight excluding hydrogens is 186 g/mol. The molecule has 0 aromatic carbocycles. The maximum absolute atomic E-state index is 5.97. The lowest BCUT2D eigenvalue weighted by atomic mass is 9.72. The van der Waals surface area contributed by atoms with Crippen molar-refractivity contribution in [2.24, 2.45) is 5.73 Å². The van der Waals surface area contributed by atoms with Crippen LogP contribution in [0, 0.1) is 0 Å². The third kappa shape index (κ3) is 1.93. The van der Waals surface area contributed by atoms with Gasteiger partial charge in [-0.1, -0.05) is 19.3 Å². The minimum atomic E-state index is 0.179. The van der Waals surface area contributed by atoms with Gasteiger partial charge in [-0.2, -0.15) is 5.10 Å². The molecule has 0 radical (unpaired) electrons. The molecule has 2 rings (SSSR count). The Morgan fingerprint density at radius 3 is 2.67 bits per heavy atom. The lowest BCUT2D eigenvalue weighted by molar-refractivity contribution is 0.291. The van der Waals surface area contributed by atoms with Gasteiger partial charge in [0.05, 0.1) is 5.69 Å². The Balaban J connectivity index is 2.24. The van der Waals surface area contributed by atoms with Crippen LogP contribution in [0.25, 0.3) is 0 Å². The molecule has 0 bridgehead atoms. The molecule has 1 heterocycles. The maximum Gasteiger partial charge on any atom is 0.0698 e. The number of aromatic nitrogens is 2. The summed E-state index contributed by atoms with van der Waals surface area (Å²) < 4.78 is 2.00. The third-order valence-electron chi connectivity index (χ3n) is 3.71. The average Bonchev–Trinajstić information content (AvgIpc) is 2.79. The fourth-order valence-corrected chi connectivity index (χ4v) is 2.61. The van der Waals surface area contributed by atoms with Crippen LogP contribution in [0.15, 0.2) is 12.3 Å². The summed E-state index contributed by atoms with van der Waals surface area (Å²) in [7, 11) is 0. The Bertz CT molecular complexity index is 310. The second-order valence-corrected chi connectivity index (χ2v) is 4.60. The van der Waals surface area contributed by atoms with Gasteiger partial charge in [-0.05, 0) is 25.8 Å². The molecule has 1 aliphatic rings. The minimum Gasteiger partial charge on any atom is -0.330 e. The molecule has 1 aromatic rings. The molecule has 3 heteroatoms. The van der Waals surface area contributed by atoms with E-state index >= 15 is 0 Å². The first-order valence-corrected chi connectivity index (χ1v) is 6.05. The first kappa shape index (κ1) is 10.7. The van der Waals surface area contributed by atoms with E-state index < -0.39 is 0 Å². The van der Waals surface area contributed by atoms with Crippen LogP contribution < -0.4 is 5.73 Å². The quantitative estimate of drug-likeness (QED) is 0.824. The normalized spacial score (nSPS) is 20.4. The van der Waals surface area contributed by atoms with Crippen molar-refractivity contribution >= 4 is 0 Å². The topological polar surface area (TPSA) is 43.8 Å². The van der Waals surface area contributed by atoms with Crippen molar-refractivity contribution in [3.63, 3.8) is 0 Å². The standard InChI is InChI=1S/C12H21N3/c1-2-15-9-6-11(14-15)12(10-13)7-4-3-5-8-12/h6,9H,2-5,7-8,10,13H2,1H3. The zero-order valence-corrected chi connectivity index (χ0v) is 9.58. The van der Waals surface area contributed by atoms with Crippen molar-refractivity contribution in [3.05, 3.63) is 18.0 Å². The molecule has 1 fully saturated rings. The van der Waals surface area contributed by atoms with Crippen LogP contribution >= 0.6 is 0 Å². The van der Waals surface area contributed by atoms with Gasteiger partial charge >= 0.3 is 0 Å². The lowest BCUT2D eigenvalue weighted by Gasteiger charge is -2.34. The SMILES string of the molecule is CCn1ccc(C2(CN)CCCCC2)n1. The predicted molar refractivity (Wildman–Crippen MR) is 61.7 cm³/mol. The van der Waals surface area contributed by atoms with E-state index in [1.165, 1.54) is 37.8 Å². The van der Waals surface area contributed by atoms with Gasteiger partial charge in [0.15, 0.2) is 0 Å². The summed E-state index contributed by atoms with van der Waals surface area (Å²) in [5.74, 6) is 0. The first-order valence-electron chi connectivity index (χ1n) is 6.05. The second kappa shape index (κ2) is 4.35. The molecule has 0 unspecified atom stereocenters. The van der Waals surface area contributed by atoms with Gasteiger partial charge in [-0.15, -0.1) is 0 Å². The molecule has 84 valence electrons. The lowest BCUT2D eigenvalue weighted by Crippen LogP contribution is -2.37. The van der Waals surface area contributed by atoms with E-state index in [2.05, 4.69) is 24.3 Å². The summed E-state index contributed by atoms with van der Waals surface area (Å²) in [6, 6.07) is 2.15. The van der Waals surface area contributed by atoms with Gasteiger partial charge in [0, 0.05) is 24.7 Å². The molecular formula is C12H21N3. The predicted octanol–water partition coefficient (Wildman–Crippen LogP) is 2.06. The van der Waals surface area contributed by atoms with Crippen molar-refractivity contribution < 1.29 is 0 Å². The van der Waals surface area contributed by atoms with E-state index in [0.29, 0.717) is 0 Å². The van der Waals surface area contributed by atoms with Gasteiger partial charge in [-0.3, -0.25) is 4.68 Å². The Labute approximate surface area is 91.7 Å². The van der Waals surface area contributed by atoms with Crippen LogP contribution in [0.5, 0.6) is 0 Å². The highest BCUT2D eigenvalue weighted by molar-refractivity contribution is 5.17. The monoisotopic (exact) mass is 207 g/mol. The number of hydrogen-bond acceptors (Lipinski definition) is 2. The van der Waals surface area contributed by atoms with Crippen LogP contribution in [0.1, 0.15) is 44.7 Å². The summed E-state index contributed by atoms with van der Waals surface area (Å²) in [6.07, 6.45) is 8.46. The zero-order valence-electron chi connectivity index (χ0n) is 9.58. The Morgan fingerprint density at radius 1 is 1.40 bits per heavy atom. The van der Waals surface area contributed by atoms with E-state index in [1.54, 1.807) is 0 Å². The molecule has 1 aromatic heterocycles. The molecule has 1 saturated carbocycles. The van der Waals surface area contributed by atoms with Crippen LogP contribution in [0.2, 0.25) is 0 Å². The highest BCUT2D eigenvalue weighted by Gasteiger charge is 2.34. The smallest absolute Gasteiger partial charge is 0.0698 e. The number of rotatable bonds is 3. The number of nitrogens with zero attached hydrogens (tertiary/aromatic N) is 2. The molecule has 0 spiro atoms. The van der Waals surface area contributed by atoms with Crippen molar-refractivity contribution in [2.45, 2.75) is 51.0 Å². The molecule has 3 nitrogen and oxygen atoms in total. The maximum atomic E-state index is 5.97. The Kier molecular flexibility index (Phi) is 3.10. The second-order valence-electron chi connectivity index (χ2n) is 4.60. The number of hydrogen-bond donors (Lipinski definition) is 1. The summed E-state index contributed by atoms with van der Waals surface area (Å²) in [6.45, 7) is 3.81. The van der Waals surface area contributed by atoms with E-state index in [0.717, 1.165) is 13.1 Å². The van der Waals surface area contributed by atoms with E-state index in [4.69, 9.17) is 5.73 Å². The highest BCUT2D eigenvalue weighted by atomic mass is 15.3. The number of aryl methyl sites for hydroxylation is 1. The summed E-state index contributed by atoms with van der Waals surface area (Å²) in [5, 5.41) is 4.63. The van der Waals surface area contributed by atoms with Gasteiger partial charge in [-0.25, -0.2) is 0 Å². The fourth-order valence-electron chi connectivity index (χ4n) is 2.61. The molecule has 15 heavy (non-hydrogen) atoms. The van der Waals surface area contributed by atoms with Crippen LogP contribution in [-0.4, -0.2) is 16.3 Å². The third-order valence-corrected chi connectivity index (χ3v) is 3.71. The summed E-state index contributed by atoms with van der Waals surface area (Å²) >= 11 is 0. The van der Waals surface area contributed by atoms with Gasteiger partial charge < -0.3 is 5.73 Å². The molecule has 0 saturated heterocycles. The molecule has 0 aliphatic heterocycles. The highest BCUT2D eigenvalue weighted by Crippen LogP contribution is 2.37. The van der Waals surface area contributed by atoms with Gasteiger partial charge in [0.2, 0.25) is 0 Å². The van der Waals surface area contributed by atoms with Crippen LogP contribution in [-0.2, 0) is 12.0 Å². The van der Waals surface area contributed by atoms with Crippen LogP contribution in [0.4, 0.5) is 0 Å². The fraction of sp³-hybridized carbons (Fsp3) is 0.750. The average molecular weight is 207 g/mol. The Hall–Kier alpha value is -0.830. The summed E-state index contributed by atoms with van der Waals surface area (Å²) in [5.41, 5.74) is 7.37. The van der Waals surface area contributed by atoms with Crippen molar-refractivity contribution in [1.29, 1.82) is 0 Å². The van der Waals surface area contributed by atoms with Crippen molar-refractivity contribution in [3.8, 4) is 0 Å². The van der Waals surface area contributed by atoms with Crippen molar-refractivity contribution in [2.75, 3.05) is 6.54 Å². The number of nitrogens with two attached hydrogens (primary N) is 1. The van der Waals surface area contributed by atoms with E-state index in [1.807, 2.05) is 4.68 Å². The van der Waals surface area contributed by atoms with E-state index in [9.17, 15) is 0 Å². The molecule has 0 atom stereocenters. The Morgan fingerprint density at radius 2 is 2.13 bits per heavy atom. The minimum absolute atomic E-state index is 0.179.